The molecule has 0 bridgehead atoms. The molecule has 1 aromatic rings. The first kappa shape index (κ1) is 13.9. The van der Waals surface area contributed by atoms with Gasteiger partial charge in [-0.25, -0.2) is 4.79 Å². The van der Waals surface area contributed by atoms with E-state index in [1.807, 2.05) is 31.2 Å². The van der Waals surface area contributed by atoms with E-state index in [2.05, 4.69) is 10.6 Å². The van der Waals surface area contributed by atoms with Gasteiger partial charge < -0.3 is 5.32 Å². The van der Waals surface area contributed by atoms with Gasteiger partial charge in [-0.1, -0.05) is 17.7 Å². The summed E-state index contributed by atoms with van der Waals surface area (Å²) in [6.45, 7) is 3.82. The second kappa shape index (κ2) is 6.10. The Hall–Kier alpha value is -1.49. The van der Waals surface area contributed by atoms with Gasteiger partial charge in [0.05, 0.1) is 5.25 Å². The molecule has 1 aromatic carbocycles. The van der Waals surface area contributed by atoms with Crippen LogP contribution in [0.4, 0.5) is 4.79 Å². The molecular weight excluding hydrogens is 260 g/mol. The zero-order chi connectivity index (χ0) is 13.8. The Morgan fingerprint density at radius 3 is 2.47 bits per heavy atom. The van der Waals surface area contributed by atoms with E-state index < -0.39 is 0 Å². The fraction of sp³-hybridized carbons (Fsp3) is 0.429. The summed E-state index contributed by atoms with van der Waals surface area (Å²) in [4.78, 5) is 24.3. The maximum atomic E-state index is 11.8. The van der Waals surface area contributed by atoms with Gasteiger partial charge >= 0.3 is 6.03 Å². The molecule has 102 valence electrons. The third-order valence-electron chi connectivity index (χ3n) is 2.85. The lowest BCUT2D eigenvalue weighted by molar-refractivity contribution is -0.119. The van der Waals surface area contributed by atoms with Gasteiger partial charge in [0.15, 0.2) is 0 Å². The molecule has 0 spiro atoms. The predicted octanol–water partition coefficient (Wildman–Crippen LogP) is 2.46. The SMILES string of the molecule is Cc1ccc(SC(C)C(=O)NC(=O)NC2CC2)cc1. The van der Waals surface area contributed by atoms with Gasteiger partial charge in [-0.2, -0.15) is 0 Å². The molecule has 0 heterocycles. The van der Waals surface area contributed by atoms with Crippen molar-refractivity contribution >= 4 is 23.7 Å². The van der Waals surface area contributed by atoms with E-state index in [4.69, 9.17) is 0 Å². The van der Waals surface area contributed by atoms with Gasteiger partial charge in [0.1, 0.15) is 0 Å². The lowest BCUT2D eigenvalue weighted by Gasteiger charge is -2.11. The molecule has 2 N–H and O–H groups in total. The maximum Gasteiger partial charge on any atom is 0.321 e. The van der Waals surface area contributed by atoms with Crippen LogP contribution in [0.3, 0.4) is 0 Å². The molecule has 1 aliphatic carbocycles. The van der Waals surface area contributed by atoms with Crippen molar-refractivity contribution < 1.29 is 9.59 Å². The molecule has 4 nitrogen and oxygen atoms in total. The Labute approximate surface area is 117 Å². The first-order valence-corrected chi connectivity index (χ1v) is 7.27. The molecule has 0 radical (unpaired) electrons. The highest BCUT2D eigenvalue weighted by atomic mass is 32.2. The Morgan fingerprint density at radius 2 is 1.89 bits per heavy atom. The Bertz CT molecular complexity index is 469. The Morgan fingerprint density at radius 1 is 1.26 bits per heavy atom. The molecular formula is C14H18N2O2S. The average Bonchev–Trinajstić information content (AvgIpc) is 3.15. The van der Waals surface area contributed by atoms with Crippen LogP contribution in [0, 0.1) is 6.92 Å². The topological polar surface area (TPSA) is 58.2 Å². The summed E-state index contributed by atoms with van der Waals surface area (Å²) >= 11 is 1.44. The van der Waals surface area contributed by atoms with E-state index in [1.165, 1.54) is 17.3 Å². The van der Waals surface area contributed by atoms with Crippen LogP contribution in [-0.2, 0) is 4.79 Å². The van der Waals surface area contributed by atoms with Crippen LogP contribution in [0.25, 0.3) is 0 Å². The van der Waals surface area contributed by atoms with Gasteiger partial charge in [-0.05, 0) is 38.8 Å². The van der Waals surface area contributed by atoms with Gasteiger partial charge in [0.25, 0.3) is 0 Å². The standard InChI is InChI=1S/C14H18N2O2S/c1-9-3-7-12(8-4-9)19-10(2)13(17)16-14(18)15-11-5-6-11/h3-4,7-8,10-11H,5-6H2,1-2H3,(H2,15,16,17,18). The number of aryl methyl sites for hydroxylation is 1. The number of benzene rings is 1. The number of rotatable bonds is 4. The third kappa shape index (κ3) is 4.59. The van der Waals surface area contributed by atoms with Crippen LogP contribution < -0.4 is 10.6 Å². The van der Waals surface area contributed by atoms with Crippen LogP contribution >= 0.6 is 11.8 Å². The summed E-state index contributed by atoms with van der Waals surface area (Å²) < 4.78 is 0. The monoisotopic (exact) mass is 278 g/mol. The number of hydrogen-bond donors (Lipinski definition) is 2. The van der Waals surface area contributed by atoms with E-state index in [9.17, 15) is 9.59 Å². The van der Waals surface area contributed by atoms with Crippen LogP contribution in [0.15, 0.2) is 29.2 Å². The van der Waals surface area contributed by atoms with E-state index in [0.29, 0.717) is 0 Å². The number of carbonyl (C=O) groups excluding carboxylic acids is 2. The number of hydrogen-bond acceptors (Lipinski definition) is 3. The zero-order valence-electron chi connectivity index (χ0n) is 11.1. The first-order valence-electron chi connectivity index (χ1n) is 6.39. The average molecular weight is 278 g/mol. The van der Waals surface area contributed by atoms with Crippen molar-refractivity contribution in [1.29, 1.82) is 0 Å². The molecule has 1 fully saturated rings. The summed E-state index contributed by atoms with van der Waals surface area (Å²) in [5.74, 6) is -0.260. The molecule has 5 heteroatoms. The zero-order valence-corrected chi connectivity index (χ0v) is 11.9. The fourth-order valence-corrected chi connectivity index (χ4v) is 2.40. The van der Waals surface area contributed by atoms with Crippen molar-refractivity contribution in [2.24, 2.45) is 0 Å². The molecule has 2 rings (SSSR count). The fourth-order valence-electron chi connectivity index (χ4n) is 1.54. The Balaban J connectivity index is 1.80. The molecule has 1 saturated carbocycles. The largest absolute Gasteiger partial charge is 0.335 e. The van der Waals surface area contributed by atoms with Crippen LogP contribution in [0.5, 0.6) is 0 Å². The van der Waals surface area contributed by atoms with E-state index >= 15 is 0 Å². The summed E-state index contributed by atoms with van der Waals surface area (Å²) in [6, 6.07) is 7.85. The number of amides is 3. The molecule has 1 atom stereocenters. The van der Waals surface area contributed by atoms with Crippen molar-refractivity contribution in [3.05, 3.63) is 29.8 Å². The minimum absolute atomic E-state index is 0.257. The maximum absolute atomic E-state index is 11.8. The molecule has 19 heavy (non-hydrogen) atoms. The number of thioether (sulfide) groups is 1. The molecule has 1 aliphatic rings. The molecule has 1 unspecified atom stereocenters. The number of carbonyl (C=O) groups is 2. The highest BCUT2D eigenvalue weighted by Gasteiger charge is 2.25. The predicted molar refractivity (Wildman–Crippen MR) is 76.2 cm³/mol. The summed E-state index contributed by atoms with van der Waals surface area (Å²) in [6.07, 6.45) is 2.02. The minimum Gasteiger partial charge on any atom is -0.335 e. The normalized spacial score (nSPS) is 15.7. The van der Waals surface area contributed by atoms with Gasteiger partial charge in [0.2, 0.25) is 5.91 Å². The van der Waals surface area contributed by atoms with Gasteiger partial charge in [-0.3, -0.25) is 10.1 Å². The van der Waals surface area contributed by atoms with Gasteiger partial charge in [-0.15, -0.1) is 11.8 Å². The number of imide groups is 1. The Kier molecular flexibility index (Phi) is 4.47. The smallest absolute Gasteiger partial charge is 0.321 e. The second-order valence-electron chi connectivity index (χ2n) is 4.81. The van der Waals surface area contributed by atoms with Crippen molar-refractivity contribution in [3.63, 3.8) is 0 Å². The van der Waals surface area contributed by atoms with E-state index in [0.717, 1.165) is 17.7 Å². The van der Waals surface area contributed by atoms with Gasteiger partial charge in [0, 0.05) is 10.9 Å². The number of urea groups is 1. The molecule has 0 aromatic heterocycles. The first-order chi connectivity index (χ1) is 9.04. The lowest BCUT2D eigenvalue weighted by Crippen LogP contribution is -2.43. The van der Waals surface area contributed by atoms with Crippen molar-refractivity contribution in [3.8, 4) is 0 Å². The summed E-state index contributed by atoms with van der Waals surface area (Å²) in [5.41, 5.74) is 1.19. The molecule has 0 aliphatic heterocycles. The third-order valence-corrected chi connectivity index (χ3v) is 3.96. The summed E-state index contributed by atoms with van der Waals surface area (Å²) in [5, 5.41) is 4.81. The minimum atomic E-state index is -0.385. The second-order valence-corrected chi connectivity index (χ2v) is 6.22. The van der Waals surface area contributed by atoms with E-state index in [1.54, 1.807) is 6.92 Å². The highest BCUT2D eigenvalue weighted by Crippen LogP contribution is 2.23. The van der Waals surface area contributed by atoms with Crippen molar-refractivity contribution in [2.45, 2.75) is 42.9 Å². The van der Waals surface area contributed by atoms with Crippen molar-refractivity contribution in [2.75, 3.05) is 0 Å². The van der Waals surface area contributed by atoms with E-state index in [-0.39, 0.29) is 23.2 Å². The number of nitrogens with one attached hydrogen (secondary N) is 2. The van der Waals surface area contributed by atoms with Crippen molar-refractivity contribution in [1.82, 2.24) is 10.6 Å². The lowest BCUT2D eigenvalue weighted by atomic mass is 10.2. The molecule has 3 amide bonds. The highest BCUT2D eigenvalue weighted by molar-refractivity contribution is 8.00. The van der Waals surface area contributed by atoms with Crippen LogP contribution in [-0.4, -0.2) is 23.2 Å². The summed E-state index contributed by atoms with van der Waals surface area (Å²) in [7, 11) is 0. The van der Waals surface area contributed by atoms with Crippen LogP contribution in [0.1, 0.15) is 25.3 Å². The van der Waals surface area contributed by atoms with Crippen LogP contribution in [0.2, 0.25) is 0 Å². The molecule has 0 saturated heterocycles. The quantitative estimate of drug-likeness (QED) is 0.832.